The number of aromatic amines is 1. The van der Waals surface area contributed by atoms with Gasteiger partial charge in [0.2, 0.25) is 0 Å². The van der Waals surface area contributed by atoms with Crippen LogP contribution in [0.5, 0.6) is 5.75 Å². The SMILES string of the molecule is COc1ccc(N2C(=O)[C@@H]3Cc4c([nH]c5ccccc45)CN3C2=S)cc1. The molecule has 0 unspecified atom stereocenters. The molecule has 5 rings (SSSR count). The van der Waals surface area contributed by atoms with Crippen LogP contribution >= 0.6 is 12.2 Å². The van der Waals surface area contributed by atoms with E-state index in [0.717, 1.165) is 22.6 Å². The molecule has 1 saturated heterocycles. The number of hydrogen-bond acceptors (Lipinski definition) is 3. The summed E-state index contributed by atoms with van der Waals surface area (Å²) in [5.74, 6) is 0.793. The number of methoxy groups -OCH3 is 1. The van der Waals surface area contributed by atoms with Crippen LogP contribution in [0.15, 0.2) is 48.5 Å². The molecule has 1 amide bonds. The van der Waals surface area contributed by atoms with E-state index in [4.69, 9.17) is 17.0 Å². The molecule has 3 heterocycles. The molecule has 1 fully saturated rings. The number of nitrogens with one attached hydrogen (secondary N) is 1. The Hall–Kier alpha value is -2.86. The van der Waals surface area contributed by atoms with Crippen LogP contribution in [0, 0.1) is 0 Å². The second-order valence-corrected chi connectivity index (χ2v) is 6.99. The number of aromatic nitrogens is 1. The predicted molar refractivity (Wildman–Crippen MR) is 104 cm³/mol. The van der Waals surface area contributed by atoms with E-state index in [1.54, 1.807) is 12.0 Å². The Morgan fingerprint density at radius 2 is 1.92 bits per heavy atom. The van der Waals surface area contributed by atoms with Crippen LogP contribution in [0.3, 0.4) is 0 Å². The second kappa shape index (κ2) is 5.57. The zero-order valence-electron chi connectivity index (χ0n) is 14.2. The first-order valence-electron chi connectivity index (χ1n) is 8.54. The molecule has 0 spiro atoms. The molecular weight excluding hydrogens is 346 g/mol. The van der Waals surface area contributed by atoms with E-state index < -0.39 is 0 Å². The molecule has 2 aliphatic rings. The van der Waals surface area contributed by atoms with Crippen molar-refractivity contribution in [2.75, 3.05) is 12.0 Å². The van der Waals surface area contributed by atoms with Crippen molar-refractivity contribution in [1.29, 1.82) is 0 Å². The summed E-state index contributed by atoms with van der Waals surface area (Å²) in [6.45, 7) is 0.631. The van der Waals surface area contributed by atoms with Crippen LogP contribution in [0.2, 0.25) is 0 Å². The van der Waals surface area contributed by atoms with Crippen molar-refractivity contribution >= 4 is 39.8 Å². The molecule has 0 radical (unpaired) electrons. The lowest BCUT2D eigenvalue weighted by molar-refractivity contribution is -0.119. The van der Waals surface area contributed by atoms with E-state index in [2.05, 4.69) is 17.1 Å². The molecule has 26 heavy (non-hydrogen) atoms. The molecule has 1 N–H and O–H groups in total. The van der Waals surface area contributed by atoms with Gasteiger partial charge >= 0.3 is 0 Å². The number of thiocarbonyl (C=S) groups is 1. The van der Waals surface area contributed by atoms with Gasteiger partial charge in [-0.1, -0.05) is 18.2 Å². The first-order chi connectivity index (χ1) is 12.7. The van der Waals surface area contributed by atoms with Crippen LogP contribution in [0.1, 0.15) is 11.3 Å². The highest BCUT2D eigenvalue weighted by molar-refractivity contribution is 7.80. The molecule has 3 aromatic rings. The summed E-state index contributed by atoms with van der Waals surface area (Å²) in [4.78, 5) is 20.3. The minimum absolute atomic E-state index is 0.0381. The Balaban J connectivity index is 1.52. The fourth-order valence-electron chi connectivity index (χ4n) is 3.97. The number of H-pyrrole nitrogens is 1. The Labute approximate surface area is 156 Å². The number of anilines is 1. The topological polar surface area (TPSA) is 48.6 Å². The summed E-state index contributed by atoms with van der Waals surface area (Å²) in [6, 6.07) is 15.4. The first-order valence-corrected chi connectivity index (χ1v) is 8.95. The lowest BCUT2D eigenvalue weighted by Gasteiger charge is -2.28. The number of amides is 1. The van der Waals surface area contributed by atoms with Crippen LogP contribution in [0.4, 0.5) is 5.69 Å². The third-order valence-electron chi connectivity index (χ3n) is 5.28. The third-order valence-corrected chi connectivity index (χ3v) is 5.69. The lowest BCUT2D eigenvalue weighted by atomic mass is 9.97. The van der Waals surface area contributed by atoms with Gasteiger partial charge in [-0.3, -0.25) is 9.69 Å². The second-order valence-electron chi connectivity index (χ2n) is 6.63. The smallest absolute Gasteiger partial charge is 0.256 e. The van der Waals surface area contributed by atoms with E-state index in [1.807, 2.05) is 41.3 Å². The number of carbonyl (C=O) groups excluding carboxylic acids is 1. The number of para-hydroxylation sites is 1. The summed E-state index contributed by atoms with van der Waals surface area (Å²) in [5, 5.41) is 1.76. The number of rotatable bonds is 2. The van der Waals surface area contributed by atoms with Gasteiger partial charge in [-0.15, -0.1) is 0 Å². The average Bonchev–Trinajstić information content (AvgIpc) is 3.15. The van der Waals surface area contributed by atoms with Crippen molar-refractivity contribution in [3.05, 3.63) is 59.8 Å². The molecule has 0 aliphatic carbocycles. The third kappa shape index (κ3) is 2.08. The van der Waals surface area contributed by atoms with E-state index in [1.165, 1.54) is 10.9 Å². The number of ether oxygens (including phenoxy) is 1. The van der Waals surface area contributed by atoms with E-state index >= 15 is 0 Å². The molecule has 2 aromatic carbocycles. The van der Waals surface area contributed by atoms with Crippen molar-refractivity contribution in [2.24, 2.45) is 0 Å². The molecule has 6 heteroatoms. The Morgan fingerprint density at radius 1 is 1.15 bits per heavy atom. The molecule has 130 valence electrons. The standard InChI is InChI=1S/C20H17N3O2S/c1-25-13-8-6-12(7-9-13)23-19(24)18-10-15-14-4-2-3-5-16(14)21-17(15)11-22(18)20(23)26/h2-9,18,21H,10-11H2,1H3/t18-/m0/s1. The molecule has 0 saturated carbocycles. The molecular formula is C20H17N3O2S. The summed E-state index contributed by atoms with van der Waals surface area (Å²) in [6.07, 6.45) is 0.672. The maximum Gasteiger partial charge on any atom is 0.256 e. The zero-order chi connectivity index (χ0) is 17.8. The summed E-state index contributed by atoms with van der Waals surface area (Å²) < 4.78 is 5.20. The van der Waals surface area contributed by atoms with Crippen LogP contribution in [-0.2, 0) is 17.8 Å². The van der Waals surface area contributed by atoms with Gasteiger partial charge in [0.05, 0.1) is 19.3 Å². The van der Waals surface area contributed by atoms with Gasteiger partial charge in [-0.25, -0.2) is 0 Å². The largest absolute Gasteiger partial charge is 0.497 e. The van der Waals surface area contributed by atoms with Gasteiger partial charge in [-0.2, -0.15) is 0 Å². The minimum atomic E-state index is -0.240. The number of hydrogen-bond donors (Lipinski definition) is 1. The number of fused-ring (bicyclic) bond motifs is 4. The van der Waals surface area contributed by atoms with Crippen LogP contribution in [-0.4, -0.2) is 34.1 Å². The molecule has 5 nitrogen and oxygen atoms in total. The van der Waals surface area contributed by atoms with E-state index in [-0.39, 0.29) is 11.9 Å². The lowest BCUT2D eigenvalue weighted by Crippen LogP contribution is -2.39. The normalized spacial score (nSPS) is 19.0. The quantitative estimate of drug-likeness (QED) is 0.710. The molecule has 1 atom stereocenters. The van der Waals surface area contributed by atoms with Gasteiger partial charge in [-0.05, 0) is 48.1 Å². The number of nitrogens with zero attached hydrogens (tertiary/aromatic N) is 2. The Bertz CT molecular complexity index is 1040. The van der Waals surface area contributed by atoms with Gasteiger partial charge < -0.3 is 14.6 Å². The van der Waals surface area contributed by atoms with Crippen molar-refractivity contribution in [3.8, 4) is 5.75 Å². The van der Waals surface area contributed by atoms with Gasteiger partial charge in [0.1, 0.15) is 11.8 Å². The molecule has 1 aromatic heterocycles. The van der Waals surface area contributed by atoms with Crippen molar-refractivity contribution < 1.29 is 9.53 Å². The maximum absolute atomic E-state index is 13.1. The Kier molecular flexibility index (Phi) is 3.30. The maximum atomic E-state index is 13.1. The van der Waals surface area contributed by atoms with Gasteiger partial charge in [0, 0.05) is 23.0 Å². The highest BCUT2D eigenvalue weighted by Gasteiger charge is 2.46. The summed E-state index contributed by atoms with van der Waals surface area (Å²) in [7, 11) is 1.62. The van der Waals surface area contributed by atoms with Gasteiger partial charge in [0.15, 0.2) is 5.11 Å². The summed E-state index contributed by atoms with van der Waals surface area (Å²) in [5.41, 5.74) is 4.27. The van der Waals surface area contributed by atoms with Crippen molar-refractivity contribution in [1.82, 2.24) is 9.88 Å². The molecule has 2 aliphatic heterocycles. The average molecular weight is 363 g/mol. The fourth-order valence-corrected chi connectivity index (χ4v) is 4.36. The number of carbonyl (C=O) groups is 1. The summed E-state index contributed by atoms with van der Waals surface area (Å²) >= 11 is 5.65. The van der Waals surface area contributed by atoms with E-state index in [9.17, 15) is 4.79 Å². The fraction of sp³-hybridized carbons (Fsp3) is 0.200. The van der Waals surface area contributed by atoms with Crippen LogP contribution < -0.4 is 9.64 Å². The minimum Gasteiger partial charge on any atom is -0.497 e. The Morgan fingerprint density at radius 3 is 2.69 bits per heavy atom. The van der Waals surface area contributed by atoms with E-state index in [0.29, 0.717) is 18.1 Å². The van der Waals surface area contributed by atoms with Crippen molar-refractivity contribution in [3.63, 3.8) is 0 Å². The monoisotopic (exact) mass is 363 g/mol. The zero-order valence-corrected chi connectivity index (χ0v) is 15.0. The van der Waals surface area contributed by atoms with Crippen LogP contribution in [0.25, 0.3) is 10.9 Å². The molecule has 0 bridgehead atoms. The van der Waals surface area contributed by atoms with Gasteiger partial charge in [0.25, 0.3) is 5.91 Å². The van der Waals surface area contributed by atoms with Crippen molar-refractivity contribution in [2.45, 2.75) is 19.0 Å². The predicted octanol–water partition coefficient (Wildman–Crippen LogP) is 3.23. The highest BCUT2D eigenvalue weighted by atomic mass is 32.1. The first kappa shape index (κ1) is 15.4. The number of benzene rings is 2. The highest BCUT2D eigenvalue weighted by Crippen LogP contribution is 2.36.